The lowest BCUT2D eigenvalue weighted by Crippen LogP contribution is -2.41. The molecule has 1 fully saturated rings. The fraction of sp³-hybridized carbons (Fsp3) is 0.467. The summed E-state index contributed by atoms with van der Waals surface area (Å²) in [6.07, 6.45) is 5.79. The van der Waals surface area contributed by atoms with Crippen molar-refractivity contribution >= 4 is 0 Å². The minimum atomic E-state index is -0.229. The molecule has 2 atom stereocenters. The van der Waals surface area contributed by atoms with Gasteiger partial charge >= 0.3 is 0 Å². The lowest BCUT2D eigenvalue weighted by molar-refractivity contribution is 0.0901. The van der Waals surface area contributed by atoms with Gasteiger partial charge in [-0.25, -0.2) is 0 Å². The average Bonchev–Trinajstić information content (AvgIpc) is 2.96. The van der Waals surface area contributed by atoms with Crippen molar-refractivity contribution in [2.75, 3.05) is 0 Å². The number of hydrogen-bond donors (Lipinski definition) is 2. The van der Waals surface area contributed by atoms with Gasteiger partial charge in [-0.3, -0.25) is 0 Å². The molecule has 1 aliphatic carbocycles. The van der Waals surface area contributed by atoms with E-state index in [-0.39, 0.29) is 12.1 Å². The fourth-order valence-electron chi connectivity index (χ4n) is 2.65. The topological polar surface area (TPSA) is 63.0 Å². The van der Waals surface area contributed by atoms with E-state index >= 15 is 0 Å². The van der Waals surface area contributed by atoms with Crippen LogP contribution in [0.4, 0.5) is 0 Å². The number of rotatable bonds is 4. The molecule has 1 aliphatic rings. The average molecular weight is 272 g/mol. The number of aromatic nitrogens is 3. The Morgan fingerprint density at radius 2 is 2.00 bits per heavy atom. The number of nitrogens with one attached hydrogen (secondary N) is 1. The molecular formula is C15H20N4O. The Morgan fingerprint density at radius 3 is 2.80 bits per heavy atom. The third-order valence-electron chi connectivity index (χ3n) is 3.80. The third kappa shape index (κ3) is 3.05. The Balaban J connectivity index is 1.60. The highest BCUT2D eigenvalue weighted by Gasteiger charge is 2.22. The summed E-state index contributed by atoms with van der Waals surface area (Å²) in [6, 6.07) is 10.0. The summed E-state index contributed by atoms with van der Waals surface area (Å²) >= 11 is 0. The SMILES string of the molecule is OC1CCCCC1NCc1cnn(-c2ccccc2)n1. The minimum Gasteiger partial charge on any atom is -0.392 e. The van der Waals surface area contributed by atoms with Gasteiger partial charge in [0.05, 0.1) is 23.7 Å². The second-order valence-electron chi connectivity index (χ2n) is 5.30. The molecule has 106 valence electrons. The van der Waals surface area contributed by atoms with Crippen LogP contribution >= 0.6 is 0 Å². The van der Waals surface area contributed by atoms with Gasteiger partial charge in [-0.1, -0.05) is 31.0 Å². The monoisotopic (exact) mass is 272 g/mol. The zero-order chi connectivity index (χ0) is 13.8. The number of hydrogen-bond acceptors (Lipinski definition) is 4. The number of nitrogens with zero attached hydrogens (tertiary/aromatic N) is 3. The zero-order valence-electron chi connectivity index (χ0n) is 11.4. The van der Waals surface area contributed by atoms with Crippen LogP contribution in [0.1, 0.15) is 31.4 Å². The van der Waals surface area contributed by atoms with Crippen molar-refractivity contribution in [3.05, 3.63) is 42.2 Å². The maximum absolute atomic E-state index is 9.93. The van der Waals surface area contributed by atoms with Crippen molar-refractivity contribution < 1.29 is 5.11 Å². The molecule has 1 saturated carbocycles. The molecule has 0 aliphatic heterocycles. The Labute approximate surface area is 118 Å². The van der Waals surface area contributed by atoms with Crippen molar-refractivity contribution in [2.24, 2.45) is 0 Å². The molecule has 0 bridgehead atoms. The van der Waals surface area contributed by atoms with E-state index in [1.54, 1.807) is 11.0 Å². The molecule has 2 aromatic rings. The molecule has 0 amide bonds. The molecule has 1 heterocycles. The first-order chi connectivity index (χ1) is 9.83. The number of aliphatic hydroxyl groups excluding tert-OH is 1. The van der Waals surface area contributed by atoms with Crippen LogP contribution in [0.15, 0.2) is 36.5 Å². The van der Waals surface area contributed by atoms with E-state index in [1.165, 1.54) is 6.42 Å². The van der Waals surface area contributed by atoms with Crippen LogP contribution in [-0.4, -0.2) is 32.2 Å². The summed E-state index contributed by atoms with van der Waals surface area (Å²) in [5.41, 5.74) is 1.85. The predicted octanol–water partition coefficient (Wildman–Crippen LogP) is 1.66. The van der Waals surface area contributed by atoms with E-state index in [1.807, 2.05) is 30.3 Å². The van der Waals surface area contributed by atoms with Crippen LogP contribution in [0.5, 0.6) is 0 Å². The molecule has 1 aromatic carbocycles. The normalized spacial score (nSPS) is 22.9. The molecule has 5 nitrogen and oxygen atoms in total. The van der Waals surface area contributed by atoms with Crippen molar-refractivity contribution in [3.63, 3.8) is 0 Å². The van der Waals surface area contributed by atoms with Crippen LogP contribution in [0.3, 0.4) is 0 Å². The van der Waals surface area contributed by atoms with Gasteiger partial charge in [-0.2, -0.15) is 15.0 Å². The summed E-state index contributed by atoms with van der Waals surface area (Å²) in [4.78, 5) is 1.63. The van der Waals surface area contributed by atoms with Crippen LogP contribution < -0.4 is 5.32 Å². The summed E-state index contributed by atoms with van der Waals surface area (Å²) in [5.74, 6) is 0. The summed E-state index contributed by atoms with van der Waals surface area (Å²) in [7, 11) is 0. The van der Waals surface area contributed by atoms with E-state index < -0.39 is 0 Å². The Kier molecular flexibility index (Phi) is 4.08. The molecule has 2 unspecified atom stereocenters. The highest BCUT2D eigenvalue weighted by atomic mass is 16.3. The highest BCUT2D eigenvalue weighted by molar-refractivity contribution is 5.28. The molecule has 1 aromatic heterocycles. The van der Waals surface area contributed by atoms with E-state index in [0.29, 0.717) is 6.54 Å². The number of benzene rings is 1. The fourth-order valence-corrected chi connectivity index (χ4v) is 2.65. The van der Waals surface area contributed by atoms with Crippen LogP contribution in [-0.2, 0) is 6.54 Å². The first kappa shape index (κ1) is 13.3. The highest BCUT2D eigenvalue weighted by Crippen LogP contribution is 2.18. The lowest BCUT2D eigenvalue weighted by atomic mass is 9.92. The van der Waals surface area contributed by atoms with Gasteiger partial charge in [0.2, 0.25) is 0 Å². The number of aliphatic hydroxyl groups is 1. The van der Waals surface area contributed by atoms with Gasteiger partial charge in [0.1, 0.15) is 0 Å². The van der Waals surface area contributed by atoms with Crippen molar-refractivity contribution in [1.29, 1.82) is 0 Å². The Hall–Kier alpha value is -1.72. The maximum atomic E-state index is 9.93. The molecule has 5 heteroatoms. The first-order valence-corrected chi connectivity index (χ1v) is 7.21. The van der Waals surface area contributed by atoms with Crippen molar-refractivity contribution in [2.45, 2.75) is 44.4 Å². The first-order valence-electron chi connectivity index (χ1n) is 7.21. The van der Waals surface area contributed by atoms with Gasteiger partial charge in [-0.05, 0) is 25.0 Å². The number of para-hydroxylation sites is 1. The minimum absolute atomic E-state index is 0.186. The van der Waals surface area contributed by atoms with Gasteiger partial charge in [0, 0.05) is 12.6 Å². The molecule has 2 N–H and O–H groups in total. The smallest absolute Gasteiger partial charge is 0.0969 e. The van der Waals surface area contributed by atoms with E-state index in [0.717, 1.165) is 30.6 Å². The van der Waals surface area contributed by atoms with Gasteiger partial charge in [-0.15, -0.1) is 0 Å². The second kappa shape index (κ2) is 6.15. The molecule has 3 rings (SSSR count). The third-order valence-corrected chi connectivity index (χ3v) is 3.80. The summed E-state index contributed by atoms with van der Waals surface area (Å²) in [5, 5.41) is 22.0. The zero-order valence-corrected chi connectivity index (χ0v) is 11.4. The van der Waals surface area contributed by atoms with Crippen LogP contribution in [0, 0.1) is 0 Å². The van der Waals surface area contributed by atoms with Gasteiger partial charge < -0.3 is 10.4 Å². The van der Waals surface area contributed by atoms with Crippen molar-refractivity contribution in [1.82, 2.24) is 20.3 Å². The Morgan fingerprint density at radius 1 is 1.20 bits per heavy atom. The second-order valence-corrected chi connectivity index (χ2v) is 5.30. The standard InChI is InChI=1S/C15H20N4O/c20-15-9-5-4-8-14(15)16-10-12-11-17-19(18-12)13-6-2-1-3-7-13/h1-3,6-7,11,14-16,20H,4-5,8-10H2. The van der Waals surface area contributed by atoms with Crippen molar-refractivity contribution in [3.8, 4) is 5.69 Å². The van der Waals surface area contributed by atoms with Gasteiger partial charge in [0.25, 0.3) is 0 Å². The quantitative estimate of drug-likeness (QED) is 0.888. The van der Waals surface area contributed by atoms with E-state index in [9.17, 15) is 5.11 Å². The van der Waals surface area contributed by atoms with Gasteiger partial charge in [0.15, 0.2) is 0 Å². The Bertz CT molecular complexity index is 540. The molecule has 0 radical (unpaired) electrons. The largest absolute Gasteiger partial charge is 0.392 e. The summed E-state index contributed by atoms with van der Waals surface area (Å²) < 4.78 is 0. The molecule has 20 heavy (non-hydrogen) atoms. The van der Waals surface area contributed by atoms with E-state index in [2.05, 4.69) is 15.5 Å². The molecule has 0 spiro atoms. The predicted molar refractivity (Wildman–Crippen MR) is 76.5 cm³/mol. The molecular weight excluding hydrogens is 252 g/mol. The molecule has 0 saturated heterocycles. The van der Waals surface area contributed by atoms with Crippen LogP contribution in [0.2, 0.25) is 0 Å². The van der Waals surface area contributed by atoms with E-state index in [4.69, 9.17) is 0 Å². The maximum Gasteiger partial charge on any atom is 0.0969 e. The lowest BCUT2D eigenvalue weighted by Gasteiger charge is -2.28. The summed E-state index contributed by atoms with van der Waals surface area (Å²) in [6.45, 7) is 0.647. The van der Waals surface area contributed by atoms with Crippen LogP contribution in [0.25, 0.3) is 5.69 Å².